The largest absolute Gasteiger partial charge is 0.372 e. The summed E-state index contributed by atoms with van der Waals surface area (Å²) < 4.78 is 10.2. The first-order chi connectivity index (χ1) is 8.05. The van der Waals surface area contributed by atoms with Crippen molar-refractivity contribution in [1.82, 2.24) is 9.36 Å². The zero-order valence-corrected chi connectivity index (χ0v) is 11.9. The summed E-state index contributed by atoms with van der Waals surface area (Å²) in [6.45, 7) is 10.2. The number of aryl methyl sites for hydroxylation is 1. The van der Waals surface area contributed by atoms with E-state index in [0.717, 1.165) is 36.9 Å². The van der Waals surface area contributed by atoms with E-state index in [4.69, 9.17) is 4.74 Å². The number of morpholine rings is 1. The number of rotatable bonds is 3. The Morgan fingerprint density at radius 2 is 2.24 bits per heavy atom. The molecule has 1 aliphatic rings. The molecule has 96 valence electrons. The molecule has 1 aromatic heterocycles. The Hall–Kier alpha value is -0.680. The number of anilines is 1. The predicted octanol–water partition coefficient (Wildman–Crippen LogP) is 2.49. The lowest BCUT2D eigenvalue weighted by atomic mass is 10.0. The van der Waals surface area contributed by atoms with Gasteiger partial charge in [-0.05, 0) is 20.3 Å². The van der Waals surface area contributed by atoms with Gasteiger partial charge in [0, 0.05) is 24.5 Å². The van der Waals surface area contributed by atoms with Crippen molar-refractivity contribution in [2.24, 2.45) is 0 Å². The molecule has 1 aromatic rings. The lowest BCUT2D eigenvalue weighted by molar-refractivity contribution is -0.0452. The van der Waals surface area contributed by atoms with Gasteiger partial charge in [0.2, 0.25) is 5.13 Å². The lowest BCUT2D eigenvalue weighted by Gasteiger charge is -2.43. The van der Waals surface area contributed by atoms with Crippen LogP contribution in [0.1, 0.15) is 39.9 Å². The van der Waals surface area contributed by atoms with Gasteiger partial charge in [0.05, 0.1) is 18.2 Å². The van der Waals surface area contributed by atoms with E-state index in [1.807, 2.05) is 0 Å². The average Bonchev–Trinajstić information content (AvgIpc) is 2.76. The fourth-order valence-electron chi connectivity index (χ4n) is 2.06. The molecule has 0 saturated carbocycles. The van der Waals surface area contributed by atoms with Crippen molar-refractivity contribution in [3.8, 4) is 0 Å². The van der Waals surface area contributed by atoms with Crippen LogP contribution in [0, 0.1) is 0 Å². The van der Waals surface area contributed by atoms with Gasteiger partial charge < -0.3 is 9.64 Å². The predicted molar refractivity (Wildman–Crippen MR) is 70.7 cm³/mol. The van der Waals surface area contributed by atoms with Gasteiger partial charge in [-0.2, -0.15) is 4.37 Å². The molecule has 2 rings (SSSR count). The van der Waals surface area contributed by atoms with Crippen molar-refractivity contribution in [2.75, 3.05) is 18.1 Å². The molecule has 2 heterocycles. The lowest BCUT2D eigenvalue weighted by Crippen LogP contribution is -2.54. The Bertz CT molecular complexity index is 378. The second-order valence-electron chi connectivity index (χ2n) is 5.11. The molecule has 4 nitrogen and oxygen atoms in total. The van der Waals surface area contributed by atoms with Crippen LogP contribution in [0.3, 0.4) is 0 Å². The van der Waals surface area contributed by atoms with Gasteiger partial charge >= 0.3 is 0 Å². The number of aromatic nitrogens is 2. The minimum atomic E-state index is -0.0935. The molecule has 0 aliphatic carbocycles. The first-order valence-corrected chi connectivity index (χ1v) is 7.06. The van der Waals surface area contributed by atoms with Gasteiger partial charge in [0.1, 0.15) is 5.82 Å². The van der Waals surface area contributed by atoms with E-state index in [1.54, 1.807) is 0 Å². The zero-order valence-electron chi connectivity index (χ0n) is 11.1. The number of hydrogen-bond donors (Lipinski definition) is 0. The highest BCUT2D eigenvalue weighted by atomic mass is 32.1. The molecule has 5 heteroatoms. The van der Waals surface area contributed by atoms with Gasteiger partial charge in [0.15, 0.2) is 0 Å². The van der Waals surface area contributed by atoms with Gasteiger partial charge in [-0.3, -0.25) is 0 Å². The molecule has 1 aliphatic heterocycles. The van der Waals surface area contributed by atoms with Crippen molar-refractivity contribution < 1.29 is 4.74 Å². The summed E-state index contributed by atoms with van der Waals surface area (Å²) in [5, 5.41) is 1.05. The fraction of sp³-hybridized carbons (Fsp3) is 0.833. The number of nitrogens with zero attached hydrogens (tertiary/aromatic N) is 3. The van der Waals surface area contributed by atoms with E-state index in [2.05, 4.69) is 42.0 Å². The van der Waals surface area contributed by atoms with Gasteiger partial charge in [-0.25, -0.2) is 4.98 Å². The quantitative estimate of drug-likeness (QED) is 0.832. The molecule has 0 aromatic carbocycles. The molecule has 0 spiro atoms. The highest BCUT2D eigenvalue weighted by Gasteiger charge is 2.34. The Kier molecular flexibility index (Phi) is 3.68. The minimum absolute atomic E-state index is 0.0935. The Morgan fingerprint density at radius 3 is 2.82 bits per heavy atom. The van der Waals surface area contributed by atoms with E-state index in [-0.39, 0.29) is 5.60 Å². The Balaban J connectivity index is 2.20. The third-order valence-electron chi connectivity index (χ3n) is 3.15. The zero-order chi connectivity index (χ0) is 12.5. The fourth-order valence-corrected chi connectivity index (χ4v) is 2.89. The molecule has 17 heavy (non-hydrogen) atoms. The van der Waals surface area contributed by atoms with Crippen LogP contribution in [-0.4, -0.2) is 34.2 Å². The molecular formula is C12H21N3OS. The molecule has 0 unspecified atom stereocenters. The van der Waals surface area contributed by atoms with Crippen LogP contribution < -0.4 is 4.90 Å². The maximum atomic E-state index is 5.87. The highest BCUT2D eigenvalue weighted by molar-refractivity contribution is 7.09. The molecule has 0 radical (unpaired) electrons. The van der Waals surface area contributed by atoms with Crippen molar-refractivity contribution in [2.45, 2.75) is 52.2 Å². The summed E-state index contributed by atoms with van der Waals surface area (Å²) in [5.41, 5.74) is -0.0935. The standard InChI is InChI=1S/C12H21N3OS/c1-5-9-7-16-12(3,4)8-15(9)11-13-10(6-2)14-17-11/h9H,5-8H2,1-4H3/t9-/m1/s1. The van der Waals surface area contributed by atoms with Crippen molar-refractivity contribution in [3.05, 3.63) is 5.82 Å². The first kappa shape index (κ1) is 12.8. The average molecular weight is 255 g/mol. The van der Waals surface area contributed by atoms with Crippen LogP contribution in [0.15, 0.2) is 0 Å². The summed E-state index contributed by atoms with van der Waals surface area (Å²) in [5.74, 6) is 0.948. The second-order valence-corrected chi connectivity index (χ2v) is 5.84. The second kappa shape index (κ2) is 4.90. The van der Waals surface area contributed by atoms with Gasteiger partial charge in [-0.1, -0.05) is 13.8 Å². The summed E-state index contributed by atoms with van der Waals surface area (Å²) >= 11 is 1.51. The van der Waals surface area contributed by atoms with Gasteiger partial charge in [-0.15, -0.1) is 0 Å². The van der Waals surface area contributed by atoms with E-state index in [1.165, 1.54) is 11.5 Å². The first-order valence-electron chi connectivity index (χ1n) is 6.29. The molecule has 1 atom stereocenters. The van der Waals surface area contributed by atoms with Crippen LogP contribution in [0.5, 0.6) is 0 Å². The van der Waals surface area contributed by atoms with Crippen LogP contribution in [0.25, 0.3) is 0 Å². The van der Waals surface area contributed by atoms with Crippen LogP contribution in [-0.2, 0) is 11.2 Å². The summed E-state index contributed by atoms with van der Waals surface area (Å²) in [7, 11) is 0. The molecule has 0 bridgehead atoms. The van der Waals surface area contributed by atoms with Crippen LogP contribution >= 0.6 is 11.5 Å². The Morgan fingerprint density at radius 1 is 1.47 bits per heavy atom. The molecule has 1 saturated heterocycles. The van der Waals surface area contributed by atoms with Crippen molar-refractivity contribution >= 4 is 16.7 Å². The molecular weight excluding hydrogens is 234 g/mol. The van der Waals surface area contributed by atoms with E-state index in [0.29, 0.717) is 6.04 Å². The van der Waals surface area contributed by atoms with E-state index < -0.39 is 0 Å². The molecule has 1 fully saturated rings. The maximum Gasteiger partial charge on any atom is 0.205 e. The SMILES string of the molecule is CCc1nsc(N2CC(C)(C)OC[C@H]2CC)n1. The van der Waals surface area contributed by atoms with Crippen LogP contribution in [0.2, 0.25) is 0 Å². The van der Waals surface area contributed by atoms with E-state index >= 15 is 0 Å². The third kappa shape index (κ3) is 2.77. The maximum absolute atomic E-state index is 5.87. The number of hydrogen-bond acceptors (Lipinski definition) is 5. The molecule has 0 N–H and O–H groups in total. The third-order valence-corrected chi connectivity index (χ3v) is 3.94. The van der Waals surface area contributed by atoms with Crippen molar-refractivity contribution in [1.29, 1.82) is 0 Å². The molecule has 0 amide bonds. The topological polar surface area (TPSA) is 38.2 Å². The smallest absolute Gasteiger partial charge is 0.205 e. The van der Waals surface area contributed by atoms with E-state index in [9.17, 15) is 0 Å². The van der Waals surface area contributed by atoms with Gasteiger partial charge in [0.25, 0.3) is 0 Å². The normalized spacial score (nSPS) is 24.0. The highest BCUT2D eigenvalue weighted by Crippen LogP contribution is 2.29. The summed E-state index contributed by atoms with van der Waals surface area (Å²) in [6.07, 6.45) is 1.98. The van der Waals surface area contributed by atoms with Crippen molar-refractivity contribution in [3.63, 3.8) is 0 Å². The minimum Gasteiger partial charge on any atom is -0.372 e. The van der Waals surface area contributed by atoms with Crippen LogP contribution in [0.4, 0.5) is 5.13 Å². The number of ether oxygens (including phenoxy) is 1. The summed E-state index contributed by atoms with van der Waals surface area (Å²) in [6, 6.07) is 0.431. The summed E-state index contributed by atoms with van der Waals surface area (Å²) in [4.78, 5) is 6.96. The Labute approximate surface area is 107 Å². The monoisotopic (exact) mass is 255 g/mol.